The zero-order valence-electron chi connectivity index (χ0n) is 20.0. The molecule has 5 rings (SSSR count). The highest BCUT2D eigenvalue weighted by Crippen LogP contribution is 2.39. The maximum atomic E-state index is 14.7. The van der Waals surface area contributed by atoms with Crippen molar-refractivity contribution in [3.63, 3.8) is 0 Å². The van der Waals surface area contributed by atoms with Crippen molar-refractivity contribution in [3.8, 4) is 16.9 Å². The monoisotopic (exact) mass is 540 g/mol. The SMILES string of the molecule is Fc1cc(OC(F)(F)c2c(F)cc(-c3ccc(C4OCC(C5CCCC5)CO4)cc3)cc2F)cc(F)c1F. The number of benzene rings is 3. The molecule has 1 saturated carbocycles. The van der Waals surface area contributed by atoms with Gasteiger partial charge in [0, 0.05) is 23.6 Å². The van der Waals surface area contributed by atoms with Gasteiger partial charge in [0.05, 0.1) is 13.2 Å². The van der Waals surface area contributed by atoms with Gasteiger partial charge >= 0.3 is 6.11 Å². The fourth-order valence-electron chi connectivity index (χ4n) is 5.05. The molecule has 3 nitrogen and oxygen atoms in total. The number of rotatable bonds is 6. The van der Waals surface area contributed by atoms with Crippen LogP contribution < -0.4 is 4.74 Å². The van der Waals surface area contributed by atoms with E-state index < -0.39 is 52.8 Å². The van der Waals surface area contributed by atoms with Crippen LogP contribution in [0.5, 0.6) is 5.75 Å². The summed E-state index contributed by atoms with van der Waals surface area (Å²) in [7, 11) is 0. The Morgan fingerprint density at radius 1 is 0.684 bits per heavy atom. The highest BCUT2D eigenvalue weighted by Gasteiger charge is 2.41. The molecule has 1 aliphatic carbocycles. The summed E-state index contributed by atoms with van der Waals surface area (Å²) in [6.45, 7) is 1.17. The Hall–Kier alpha value is -3.11. The average molecular weight is 540 g/mol. The summed E-state index contributed by atoms with van der Waals surface area (Å²) >= 11 is 0. The van der Waals surface area contributed by atoms with Crippen molar-refractivity contribution >= 4 is 0 Å². The van der Waals surface area contributed by atoms with Crippen molar-refractivity contribution < 1.29 is 44.9 Å². The fraction of sp³-hybridized carbons (Fsp3) is 0.357. The van der Waals surface area contributed by atoms with Crippen molar-refractivity contribution in [1.29, 1.82) is 0 Å². The van der Waals surface area contributed by atoms with Gasteiger partial charge in [-0.15, -0.1) is 0 Å². The number of ether oxygens (including phenoxy) is 3. The molecule has 202 valence electrons. The summed E-state index contributed by atoms with van der Waals surface area (Å²) in [4.78, 5) is 0. The lowest BCUT2D eigenvalue weighted by Gasteiger charge is -2.32. The van der Waals surface area contributed by atoms with Gasteiger partial charge in [-0.3, -0.25) is 0 Å². The van der Waals surface area contributed by atoms with Gasteiger partial charge in [0.15, 0.2) is 23.7 Å². The zero-order valence-corrected chi connectivity index (χ0v) is 20.0. The third-order valence-corrected chi connectivity index (χ3v) is 7.04. The predicted molar refractivity (Wildman–Crippen MR) is 123 cm³/mol. The summed E-state index contributed by atoms with van der Waals surface area (Å²) in [6.07, 6.45) is -0.400. The third kappa shape index (κ3) is 5.37. The van der Waals surface area contributed by atoms with Crippen molar-refractivity contribution in [2.24, 2.45) is 11.8 Å². The number of hydrogen-bond donors (Lipinski definition) is 0. The van der Waals surface area contributed by atoms with Crippen molar-refractivity contribution in [2.45, 2.75) is 38.1 Å². The second-order valence-electron chi connectivity index (χ2n) is 9.56. The standard InChI is InChI=1S/C28H23F7O3/c29-21-9-18(10-22(30)25(21)28(34,35)38-20-11-23(31)26(33)24(32)12-20)16-5-7-17(8-6-16)27-36-13-19(14-37-27)15-3-1-2-4-15/h5-12,15,19,27H,1-4,13-14H2. The first-order chi connectivity index (χ1) is 18.1. The maximum Gasteiger partial charge on any atom is 0.432 e. The Kier molecular flexibility index (Phi) is 7.37. The molecule has 1 heterocycles. The van der Waals surface area contributed by atoms with Crippen LogP contribution in [0, 0.1) is 40.9 Å². The summed E-state index contributed by atoms with van der Waals surface area (Å²) in [5.74, 6) is -8.96. The van der Waals surface area contributed by atoms with Gasteiger partial charge in [-0.25, -0.2) is 22.0 Å². The molecular formula is C28H23F7O3. The first-order valence-electron chi connectivity index (χ1n) is 12.2. The molecule has 0 N–H and O–H groups in total. The molecule has 2 aliphatic rings. The Bertz CT molecular complexity index is 1250. The number of hydrogen-bond acceptors (Lipinski definition) is 3. The second kappa shape index (κ2) is 10.6. The highest BCUT2D eigenvalue weighted by molar-refractivity contribution is 5.64. The molecule has 1 saturated heterocycles. The smallest absolute Gasteiger partial charge is 0.429 e. The van der Waals surface area contributed by atoms with E-state index in [4.69, 9.17) is 9.47 Å². The molecule has 0 radical (unpaired) electrons. The molecule has 0 spiro atoms. The van der Waals surface area contributed by atoms with Gasteiger partial charge < -0.3 is 14.2 Å². The Morgan fingerprint density at radius 3 is 1.79 bits per heavy atom. The molecular weight excluding hydrogens is 517 g/mol. The van der Waals surface area contributed by atoms with Crippen LogP contribution in [-0.2, 0) is 15.6 Å². The molecule has 1 aliphatic heterocycles. The van der Waals surface area contributed by atoms with Gasteiger partial charge in [0.2, 0.25) is 0 Å². The van der Waals surface area contributed by atoms with Gasteiger partial charge in [-0.2, -0.15) is 8.78 Å². The van der Waals surface area contributed by atoms with Crippen LogP contribution in [0.25, 0.3) is 11.1 Å². The molecule has 0 bridgehead atoms. The zero-order chi connectivity index (χ0) is 27.0. The van der Waals surface area contributed by atoms with Gasteiger partial charge in [-0.1, -0.05) is 49.9 Å². The second-order valence-corrected chi connectivity index (χ2v) is 9.56. The Morgan fingerprint density at radius 2 is 1.24 bits per heavy atom. The van der Waals surface area contributed by atoms with Crippen LogP contribution in [-0.4, -0.2) is 13.2 Å². The van der Waals surface area contributed by atoms with Crippen LogP contribution in [0.2, 0.25) is 0 Å². The average Bonchev–Trinajstić information content (AvgIpc) is 3.42. The van der Waals surface area contributed by atoms with Crippen molar-refractivity contribution in [3.05, 3.63) is 88.7 Å². The molecule has 3 aromatic carbocycles. The van der Waals surface area contributed by atoms with E-state index in [0.717, 1.165) is 0 Å². The lowest BCUT2D eigenvalue weighted by molar-refractivity contribution is -0.212. The molecule has 3 aromatic rings. The van der Waals surface area contributed by atoms with Gasteiger partial charge in [-0.05, 0) is 29.2 Å². The van der Waals surface area contributed by atoms with Crippen LogP contribution in [0.4, 0.5) is 30.7 Å². The maximum absolute atomic E-state index is 14.7. The molecule has 2 fully saturated rings. The predicted octanol–water partition coefficient (Wildman–Crippen LogP) is 8.03. The normalized spacial score (nSPS) is 20.6. The van der Waals surface area contributed by atoms with E-state index in [0.29, 0.717) is 48.3 Å². The molecule has 10 heteroatoms. The van der Waals surface area contributed by atoms with E-state index in [1.807, 2.05) is 0 Å². The van der Waals surface area contributed by atoms with E-state index >= 15 is 0 Å². The minimum absolute atomic E-state index is 0.0308. The van der Waals surface area contributed by atoms with E-state index in [-0.39, 0.29) is 17.7 Å². The summed E-state index contributed by atoms with van der Waals surface area (Å²) in [6, 6.07) is 8.10. The molecule has 0 aromatic heterocycles. The largest absolute Gasteiger partial charge is 0.432 e. The van der Waals surface area contributed by atoms with Gasteiger partial charge in [0.25, 0.3) is 0 Å². The van der Waals surface area contributed by atoms with Crippen LogP contribution in [0.3, 0.4) is 0 Å². The third-order valence-electron chi connectivity index (χ3n) is 7.04. The number of halogens is 7. The quantitative estimate of drug-likeness (QED) is 0.234. The van der Waals surface area contributed by atoms with Crippen LogP contribution >= 0.6 is 0 Å². The van der Waals surface area contributed by atoms with Crippen molar-refractivity contribution in [1.82, 2.24) is 0 Å². The highest BCUT2D eigenvalue weighted by atomic mass is 19.3. The topological polar surface area (TPSA) is 27.7 Å². The first-order valence-corrected chi connectivity index (χ1v) is 12.2. The van der Waals surface area contributed by atoms with Crippen molar-refractivity contribution in [2.75, 3.05) is 13.2 Å². The first kappa shape index (κ1) is 26.5. The van der Waals surface area contributed by atoms with E-state index in [1.54, 1.807) is 24.3 Å². The van der Waals surface area contributed by atoms with Crippen LogP contribution in [0.15, 0.2) is 48.5 Å². The Balaban J connectivity index is 1.30. The van der Waals surface area contributed by atoms with E-state index in [2.05, 4.69) is 4.74 Å². The minimum Gasteiger partial charge on any atom is -0.429 e. The molecule has 0 amide bonds. The lowest BCUT2D eigenvalue weighted by Crippen LogP contribution is -2.31. The van der Waals surface area contributed by atoms with E-state index in [9.17, 15) is 30.7 Å². The molecule has 0 unspecified atom stereocenters. The molecule has 38 heavy (non-hydrogen) atoms. The van der Waals surface area contributed by atoms with Crippen LogP contribution in [0.1, 0.15) is 43.1 Å². The summed E-state index contributed by atoms with van der Waals surface area (Å²) < 4.78 is 114. The summed E-state index contributed by atoms with van der Waals surface area (Å²) in [5.41, 5.74) is -0.750. The summed E-state index contributed by atoms with van der Waals surface area (Å²) in [5, 5.41) is 0. The Labute approximate surface area is 214 Å². The lowest BCUT2D eigenvalue weighted by atomic mass is 9.91. The number of alkyl halides is 2. The molecule has 0 atom stereocenters. The van der Waals surface area contributed by atoms with E-state index in [1.165, 1.54) is 25.7 Å². The fourth-order valence-corrected chi connectivity index (χ4v) is 5.05. The minimum atomic E-state index is -4.65. The van der Waals surface area contributed by atoms with Gasteiger partial charge in [0.1, 0.15) is 22.9 Å².